The van der Waals surface area contributed by atoms with Gasteiger partial charge in [-0.1, -0.05) is 0 Å². The number of ether oxygens (including phenoxy) is 1. The third-order valence-corrected chi connectivity index (χ3v) is 9.56. The van der Waals surface area contributed by atoms with Crippen LogP contribution in [0.3, 0.4) is 0 Å². The lowest BCUT2D eigenvalue weighted by molar-refractivity contribution is 0.134. The van der Waals surface area contributed by atoms with Crippen molar-refractivity contribution in [2.45, 2.75) is 19.2 Å². The Morgan fingerprint density at radius 2 is 2.17 bits per heavy atom. The minimum atomic E-state index is -1.81. The number of aromatic nitrogens is 3. The van der Waals surface area contributed by atoms with Crippen LogP contribution < -0.4 is 20.7 Å². The molecule has 9 nitrogen and oxygen atoms in total. The van der Waals surface area contributed by atoms with E-state index in [0.29, 0.717) is 42.3 Å². The summed E-state index contributed by atoms with van der Waals surface area (Å²) in [5, 5.41) is 27.2. The Balaban J connectivity index is 1.46. The van der Waals surface area contributed by atoms with Gasteiger partial charge in [-0.2, -0.15) is 5.26 Å². The molecule has 0 bridgehead atoms. The summed E-state index contributed by atoms with van der Waals surface area (Å²) in [4.78, 5) is 15.3. The number of rotatable bonds is 6. The number of anilines is 3. The van der Waals surface area contributed by atoms with Gasteiger partial charge >= 0.3 is 0 Å². The second-order valence-corrected chi connectivity index (χ2v) is 13.4. The second-order valence-electron chi connectivity index (χ2n) is 9.55. The van der Waals surface area contributed by atoms with Crippen molar-refractivity contribution in [3.63, 3.8) is 0 Å². The minimum Gasteiger partial charge on any atom is -0.468 e. The van der Waals surface area contributed by atoms with Crippen LogP contribution in [0.5, 0.6) is 5.88 Å². The number of alkyl halides is 1. The van der Waals surface area contributed by atoms with E-state index in [-0.39, 0.29) is 12.2 Å². The smallest absolute Gasteiger partial charge is 0.238 e. The highest BCUT2D eigenvalue weighted by Gasteiger charge is 2.43. The van der Waals surface area contributed by atoms with Gasteiger partial charge in [0.15, 0.2) is 12.5 Å². The van der Waals surface area contributed by atoms with Gasteiger partial charge in [0, 0.05) is 31.0 Å². The molecule has 3 aromatic rings. The first-order valence-electron chi connectivity index (χ1n) is 11.6. The first-order chi connectivity index (χ1) is 17.3. The van der Waals surface area contributed by atoms with E-state index in [2.05, 4.69) is 38.3 Å². The Morgan fingerprint density at radius 1 is 1.33 bits per heavy atom. The van der Waals surface area contributed by atoms with Gasteiger partial charge in [0.2, 0.25) is 11.8 Å². The summed E-state index contributed by atoms with van der Waals surface area (Å²) in [6, 6.07) is 9.70. The molecule has 3 unspecified atom stereocenters. The van der Waals surface area contributed by atoms with E-state index in [4.69, 9.17) is 4.74 Å². The molecule has 3 N–H and O–H groups in total. The maximum atomic E-state index is 14.4. The number of benzene rings is 1. The molecule has 2 aromatic heterocycles. The maximum absolute atomic E-state index is 14.4. The van der Waals surface area contributed by atoms with Crippen molar-refractivity contribution in [2.75, 3.05) is 50.1 Å². The van der Waals surface area contributed by atoms with E-state index >= 15 is 0 Å². The molecule has 2 aliphatic heterocycles. The number of likely N-dealkylation sites (N-methyl/N-ethyl adjacent to an activating group) is 1. The van der Waals surface area contributed by atoms with Crippen molar-refractivity contribution in [3.05, 3.63) is 47.8 Å². The van der Waals surface area contributed by atoms with Gasteiger partial charge in [-0.15, -0.1) is 0 Å². The zero-order chi connectivity index (χ0) is 25.4. The first-order valence-corrected chi connectivity index (χ1v) is 14.2. The Bertz CT molecular complexity index is 1350. The molecule has 0 spiro atoms. The van der Waals surface area contributed by atoms with Crippen LogP contribution in [0, 0.1) is 18.3 Å². The highest BCUT2D eigenvalue weighted by Crippen LogP contribution is 2.58. The highest BCUT2D eigenvalue weighted by molar-refractivity contribution is 7.83. The molecule has 0 radical (unpaired) electrons. The van der Waals surface area contributed by atoms with E-state index in [1.54, 1.807) is 24.5 Å². The number of aliphatic hydroxyl groups is 1. The topological polar surface area (TPSA) is 119 Å². The van der Waals surface area contributed by atoms with Crippen LogP contribution in [0.4, 0.5) is 21.7 Å². The Labute approximate surface area is 209 Å². The van der Waals surface area contributed by atoms with Crippen LogP contribution >= 0.6 is 7.26 Å². The third kappa shape index (κ3) is 4.58. The van der Waals surface area contributed by atoms with Gasteiger partial charge < -0.3 is 20.5 Å². The number of nitriles is 1. The van der Waals surface area contributed by atoms with E-state index in [0.717, 1.165) is 22.1 Å². The number of likely N-dealkylation sites (tertiary alicyclic amines) is 1. The number of halogens is 1. The summed E-state index contributed by atoms with van der Waals surface area (Å²) in [5.74, 6) is 0.610. The second kappa shape index (κ2) is 9.58. The molecule has 36 heavy (non-hydrogen) atoms. The zero-order valence-electron chi connectivity index (χ0n) is 20.4. The third-order valence-electron chi connectivity index (χ3n) is 6.57. The minimum absolute atomic E-state index is 0.0670. The van der Waals surface area contributed by atoms with Crippen LogP contribution in [-0.4, -0.2) is 76.7 Å². The zero-order valence-corrected chi connectivity index (χ0v) is 21.3. The van der Waals surface area contributed by atoms with Gasteiger partial charge in [0.05, 0.1) is 30.9 Å². The quantitative estimate of drug-likeness (QED) is 0.432. The lowest BCUT2D eigenvalue weighted by Crippen LogP contribution is -2.27. The van der Waals surface area contributed by atoms with Crippen LogP contribution in [0.1, 0.15) is 11.1 Å². The molecule has 5 rings (SSSR count). The number of aliphatic hydroxyl groups excluding tert-OH is 1. The predicted molar refractivity (Wildman–Crippen MR) is 139 cm³/mol. The monoisotopic (exact) mass is 508 g/mol. The van der Waals surface area contributed by atoms with E-state index in [9.17, 15) is 14.8 Å². The van der Waals surface area contributed by atoms with E-state index in [1.807, 2.05) is 31.0 Å². The molecule has 0 saturated carbocycles. The molecule has 4 heterocycles. The summed E-state index contributed by atoms with van der Waals surface area (Å²) in [7, 11) is 0.0500. The summed E-state index contributed by atoms with van der Waals surface area (Å²) < 4.78 is 20.3. The number of aryl methyl sites for hydroxylation is 1. The summed E-state index contributed by atoms with van der Waals surface area (Å²) in [6.45, 7) is 4.78. The molecule has 1 fully saturated rings. The summed E-state index contributed by atoms with van der Waals surface area (Å²) >= 11 is 0. The van der Waals surface area contributed by atoms with Gasteiger partial charge in [-0.25, -0.2) is 19.3 Å². The number of hydrogen-bond donors (Lipinski definition) is 3. The fraction of sp³-hybridized carbons (Fsp3) is 0.360. The first kappa shape index (κ1) is 24.3. The summed E-state index contributed by atoms with van der Waals surface area (Å²) in [6.07, 6.45) is 2.33. The molecule has 11 heteroatoms. The molecule has 1 aromatic carbocycles. The summed E-state index contributed by atoms with van der Waals surface area (Å²) in [5.41, 5.74) is 4.17. The van der Waals surface area contributed by atoms with Crippen molar-refractivity contribution in [2.24, 2.45) is 0 Å². The molecular weight excluding hydrogens is 480 g/mol. The van der Waals surface area contributed by atoms with Crippen molar-refractivity contribution >= 4 is 29.9 Å². The van der Waals surface area contributed by atoms with E-state index < -0.39 is 19.5 Å². The van der Waals surface area contributed by atoms with Crippen LogP contribution in [0.25, 0.3) is 11.3 Å². The number of nitrogens with zero attached hydrogens (tertiary/aromatic N) is 5. The maximum Gasteiger partial charge on any atom is 0.238 e. The molecule has 186 valence electrons. The number of nitrogens with one attached hydrogen (secondary N) is 2. The Morgan fingerprint density at radius 3 is 2.89 bits per heavy atom. The van der Waals surface area contributed by atoms with Crippen molar-refractivity contribution in [1.82, 2.24) is 19.9 Å². The van der Waals surface area contributed by atoms with Crippen LogP contribution in [-0.2, 0) is 0 Å². The number of pyridine rings is 1. The van der Waals surface area contributed by atoms with Gasteiger partial charge in [0.25, 0.3) is 0 Å². The van der Waals surface area contributed by atoms with Crippen LogP contribution in [0.2, 0.25) is 0 Å². The number of hydrogen-bond acceptors (Lipinski definition) is 9. The normalized spacial score (nSPS) is 23.1. The largest absolute Gasteiger partial charge is 0.468 e. The molecule has 3 atom stereocenters. The van der Waals surface area contributed by atoms with Gasteiger partial charge in [-0.3, -0.25) is 4.90 Å². The van der Waals surface area contributed by atoms with Crippen LogP contribution in [0.15, 0.2) is 36.7 Å². The predicted octanol–water partition coefficient (Wildman–Crippen LogP) is 3.10. The fourth-order valence-corrected chi connectivity index (χ4v) is 6.67. The Hall–Kier alpha value is -3.38. The molecule has 0 aliphatic carbocycles. The lowest BCUT2D eigenvalue weighted by atomic mass is 10.1. The van der Waals surface area contributed by atoms with Gasteiger partial charge in [-0.05, 0) is 43.8 Å². The lowest BCUT2D eigenvalue weighted by Gasteiger charge is -2.18. The van der Waals surface area contributed by atoms with Crippen molar-refractivity contribution < 1.29 is 14.2 Å². The molecular formula is C25H28FN7O2P+. The molecule has 0 amide bonds. The highest BCUT2D eigenvalue weighted by atomic mass is 31.2. The number of fused-ring (bicyclic) bond motifs is 1. The average molecular weight is 509 g/mol. The fourth-order valence-electron chi connectivity index (χ4n) is 4.55. The standard InChI is InChI=1S/C25H28FN7O2P/c1-15-6-20(24(29-10-15)35-21-12-33(2)11-18(21)26)32-25-28-5-4-19(31-25)16-7-17(9-27)23-22(8-16)36(3,14-34)13-30-23/h4-8,10,18,21,30,34H,11-14H2,1-3H3,(H,28,31,32)/q+1. The van der Waals surface area contributed by atoms with Crippen molar-refractivity contribution in [3.8, 4) is 23.2 Å². The van der Waals surface area contributed by atoms with Crippen molar-refractivity contribution in [1.29, 1.82) is 5.26 Å². The SMILES string of the molecule is Cc1cnc(OC2CN(C)CC2F)c(Nc2nccc(-c3cc(C#N)c4c(c3)[P+](C)(CO)CN4)n2)c1. The molecule has 2 aliphatic rings. The molecule has 1 saturated heterocycles. The Kier molecular flexibility index (Phi) is 6.47. The van der Waals surface area contributed by atoms with E-state index in [1.165, 1.54) is 0 Å². The average Bonchev–Trinajstić information content (AvgIpc) is 3.38. The van der Waals surface area contributed by atoms with Gasteiger partial charge in [0.1, 0.15) is 29.5 Å².